The number of furan rings is 1. The van der Waals surface area contributed by atoms with Crippen molar-refractivity contribution < 1.29 is 14.3 Å². The smallest absolute Gasteiger partial charge is 0.196 e. The van der Waals surface area contributed by atoms with E-state index in [0.29, 0.717) is 23.3 Å². The molecule has 0 atom stereocenters. The highest BCUT2D eigenvalue weighted by Crippen LogP contribution is 2.34. The van der Waals surface area contributed by atoms with E-state index in [0.717, 1.165) is 42.8 Å². The van der Waals surface area contributed by atoms with Crippen LogP contribution in [0.3, 0.4) is 0 Å². The number of rotatable bonds is 4. The zero-order valence-electron chi connectivity index (χ0n) is 14.9. The number of fused-ring (bicyclic) bond motifs is 1. The second-order valence-electron chi connectivity index (χ2n) is 7.24. The Morgan fingerprint density at radius 3 is 2.62 bits per heavy atom. The number of likely N-dealkylation sites (tertiary alicyclic amines) is 1. The lowest BCUT2D eigenvalue weighted by Crippen LogP contribution is -2.32. The quantitative estimate of drug-likeness (QED) is 0.699. The number of phenols is 1. The standard InChI is InChI=1S/C22H23NO3/c1-15-9-11-23(12-10-15)13-17-19(24)7-8-20-21(17)18(14-26-20)22(25)16-5-3-2-4-6-16/h2-8,14-15,24H,9-13H2,1H3. The number of aromatic hydroxyl groups is 1. The minimum atomic E-state index is -0.0801. The zero-order valence-corrected chi connectivity index (χ0v) is 14.9. The summed E-state index contributed by atoms with van der Waals surface area (Å²) in [6.45, 7) is 4.93. The lowest BCUT2D eigenvalue weighted by molar-refractivity contribution is 0.103. The summed E-state index contributed by atoms with van der Waals surface area (Å²) in [6, 6.07) is 12.6. The normalized spacial score (nSPS) is 16.2. The molecule has 1 aliphatic rings. The summed E-state index contributed by atoms with van der Waals surface area (Å²) in [5.41, 5.74) is 2.56. The minimum Gasteiger partial charge on any atom is -0.508 e. The largest absolute Gasteiger partial charge is 0.508 e. The van der Waals surface area contributed by atoms with Crippen LogP contribution in [0.1, 0.15) is 41.3 Å². The number of benzene rings is 2. The summed E-state index contributed by atoms with van der Waals surface area (Å²) in [6.07, 6.45) is 3.84. The van der Waals surface area contributed by atoms with Crippen LogP contribution < -0.4 is 0 Å². The Labute approximate surface area is 153 Å². The van der Waals surface area contributed by atoms with Gasteiger partial charge in [-0.1, -0.05) is 37.3 Å². The van der Waals surface area contributed by atoms with Crippen molar-refractivity contribution in [3.8, 4) is 5.75 Å². The van der Waals surface area contributed by atoms with Crippen LogP contribution in [-0.4, -0.2) is 28.9 Å². The zero-order chi connectivity index (χ0) is 18.1. The number of carbonyl (C=O) groups excluding carboxylic acids is 1. The van der Waals surface area contributed by atoms with Crippen LogP contribution in [0.15, 0.2) is 53.1 Å². The molecule has 1 fully saturated rings. The maximum absolute atomic E-state index is 13.0. The Kier molecular flexibility index (Phi) is 4.51. The molecule has 26 heavy (non-hydrogen) atoms. The predicted octanol–water partition coefficient (Wildman–Crippen LogP) is 4.60. The fraction of sp³-hybridized carbons (Fsp3) is 0.318. The summed E-state index contributed by atoms with van der Waals surface area (Å²) in [4.78, 5) is 15.3. The molecule has 0 bridgehead atoms. The first kappa shape index (κ1) is 16.9. The van der Waals surface area contributed by atoms with Crippen LogP contribution in [-0.2, 0) is 6.54 Å². The van der Waals surface area contributed by atoms with E-state index in [9.17, 15) is 9.90 Å². The molecule has 0 unspecified atom stereocenters. The van der Waals surface area contributed by atoms with Gasteiger partial charge in [0.25, 0.3) is 0 Å². The third kappa shape index (κ3) is 3.13. The molecule has 4 heteroatoms. The molecule has 1 aliphatic heterocycles. The van der Waals surface area contributed by atoms with Gasteiger partial charge < -0.3 is 9.52 Å². The van der Waals surface area contributed by atoms with E-state index >= 15 is 0 Å². The molecular weight excluding hydrogens is 326 g/mol. The molecule has 0 radical (unpaired) electrons. The van der Waals surface area contributed by atoms with Gasteiger partial charge >= 0.3 is 0 Å². The topological polar surface area (TPSA) is 53.7 Å². The molecule has 2 aromatic carbocycles. The van der Waals surface area contributed by atoms with E-state index in [1.165, 1.54) is 6.26 Å². The fourth-order valence-corrected chi connectivity index (χ4v) is 3.71. The fourth-order valence-electron chi connectivity index (χ4n) is 3.71. The molecule has 1 aromatic heterocycles. The second kappa shape index (κ2) is 6.96. The number of hydrogen-bond donors (Lipinski definition) is 1. The van der Waals surface area contributed by atoms with Crippen molar-refractivity contribution >= 4 is 16.8 Å². The molecule has 1 saturated heterocycles. The molecule has 2 heterocycles. The average molecular weight is 349 g/mol. The summed E-state index contributed by atoms with van der Waals surface area (Å²) in [5.74, 6) is 0.892. The molecule has 4 rings (SSSR count). The van der Waals surface area contributed by atoms with Crippen molar-refractivity contribution in [2.75, 3.05) is 13.1 Å². The third-order valence-corrected chi connectivity index (χ3v) is 5.36. The Morgan fingerprint density at radius 1 is 1.15 bits per heavy atom. The lowest BCUT2D eigenvalue weighted by atomic mass is 9.96. The van der Waals surface area contributed by atoms with Crippen molar-refractivity contribution in [2.24, 2.45) is 5.92 Å². The number of nitrogens with zero attached hydrogens (tertiary/aromatic N) is 1. The van der Waals surface area contributed by atoms with Crippen molar-refractivity contribution in [2.45, 2.75) is 26.3 Å². The Balaban J connectivity index is 1.74. The van der Waals surface area contributed by atoms with Gasteiger partial charge in [0.2, 0.25) is 0 Å². The van der Waals surface area contributed by atoms with Crippen molar-refractivity contribution in [3.05, 3.63) is 65.4 Å². The highest BCUT2D eigenvalue weighted by Gasteiger charge is 2.23. The minimum absolute atomic E-state index is 0.0801. The first-order valence-electron chi connectivity index (χ1n) is 9.17. The SMILES string of the molecule is CC1CCN(Cc2c(O)ccc3occ(C(=O)c4ccccc4)c23)CC1. The molecule has 0 aliphatic carbocycles. The van der Waals surface area contributed by atoms with Gasteiger partial charge in [-0.2, -0.15) is 0 Å². The van der Waals surface area contributed by atoms with Gasteiger partial charge in [-0.25, -0.2) is 0 Å². The number of hydrogen-bond acceptors (Lipinski definition) is 4. The maximum atomic E-state index is 13.0. The summed E-state index contributed by atoms with van der Waals surface area (Å²) in [5, 5.41) is 11.2. The highest BCUT2D eigenvalue weighted by molar-refractivity contribution is 6.16. The monoisotopic (exact) mass is 349 g/mol. The molecule has 1 N–H and O–H groups in total. The molecular formula is C22H23NO3. The van der Waals surface area contributed by atoms with Gasteiger partial charge in [0.15, 0.2) is 5.78 Å². The van der Waals surface area contributed by atoms with Crippen molar-refractivity contribution in [1.82, 2.24) is 4.90 Å². The van der Waals surface area contributed by atoms with Crippen LogP contribution in [0.5, 0.6) is 5.75 Å². The average Bonchev–Trinajstić information content (AvgIpc) is 3.10. The maximum Gasteiger partial charge on any atom is 0.196 e. The van der Waals surface area contributed by atoms with Gasteiger partial charge in [-0.05, 0) is 44.0 Å². The molecule has 0 amide bonds. The first-order chi connectivity index (χ1) is 12.6. The van der Waals surface area contributed by atoms with Gasteiger partial charge in [0, 0.05) is 23.1 Å². The number of ketones is 1. The Bertz CT molecular complexity index is 921. The van der Waals surface area contributed by atoms with E-state index in [-0.39, 0.29) is 11.5 Å². The number of carbonyl (C=O) groups is 1. The summed E-state index contributed by atoms with van der Waals surface area (Å²) < 4.78 is 5.64. The van der Waals surface area contributed by atoms with Crippen LogP contribution in [0.2, 0.25) is 0 Å². The Hall–Kier alpha value is -2.59. The highest BCUT2D eigenvalue weighted by atomic mass is 16.3. The lowest BCUT2D eigenvalue weighted by Gasteiger charge is -2.30. The van der Waals surface area contributed by atoms with E-state index in [2.05, 4.69) is 11.8 Å². The van der Waals surface area contributed by atoms with E-state index in [1.807, 2.05) is 18.2 Å². The molecule has 4 nitrogen and oxygen atoms in total. The number of piperidine rings is 1. The third-order valence-electron chi connectivity index (χ3n) is 5.36. The van der Waals surface area contributed by atoms with Crippen LogP contribution >= 0.6 is 0 Å². The molecule has 134 valence electrons. The van der Waals surface area contributed by atoms with E-state index < -0.39 is 0 Å². The Morgan fingerprint density at radius 2 is 1.88 bits per heavy atom. The summed E-state index contributed by atoms with van der Waals surface area (Å²) in [7, 11) is 0. The predicted molar refractivity (Wildman–Crippen MR) is 101 cm³/mol. The second-order valence-corrected chi connectivity index (χ2v) is 7.24. The van der Waals surface area contributed by atoms with Crippen molar-refractivity contribution in [1.29, 1.82) is 0 Å². The van der Waals surface area contributed by atoms with Gasteiger partial charge in [-0.15, -0.1) is 0 Å². The summed E-state index contributed by atoms with van der Waals surface area (Å²) >= 11 is 0. The van der Waals surface area contributed by atoms with Gasteiger partial charge in [0.05, 0.1) is 5.56 Å². The molecule has 0 saturated carbocycles. The van der Waals surface area contributed by atoms with E-state index in [1.54, 1.807) is 24.3 Å². The van der Waals surface area contributed by atoms with Gasteiger partial charge in [-0.3, -0.25) is 9.69 Å². The van der Waals surface area contributed by atoms with Gasteiger partial charge in [0.1, 0.15) is 17.6 Å². The van der Waals surface area contributed by atoms with Crippen LogP contribution in [0.4, 0.5) is 0 Å². The first-order valence-corrected chi connectivity index (χ1v) is 9.17. The van der Waals surface area contributed by atoms with Crippen molar-refractivity contribution in [3.63, 3.8) is 0 Å². The molecule has 0 spiro atoms. The van der Waals surface area contributed by atoms with E-state index in [4.69, 9.17) is 4.42 Å². The van der Waals surface area contributed by atoms with Crippen LogP contribution in [0.25, 0.3) is 11.0 Å². The number of phenolic OH excluding ortho intramolecular Hbond substituents is 1. The van der Waals surface area contributed by atoms with Crippen LogP contribution in [0, 0.1) is 5.92 Å². The molecule has 3 aromatic rings.